The Morgan fingerprint density at radius 2 is 1.87 bits per heavy atom. The van der Waals surface area contributed by atoms with Gasteiger partial charge in [-0.2, -0.15) is 8.78 Å². The number of hydrogen-bond donors (Lipinski definition) is 1. The summed E-state index contributed by atoms with van der Waals surface area (Å²) in [6.07, 6.45) is 1.52. The van der Waals surface area contributed by atoms with Crippen molar-refractivity contribution in [3.63, 3.8) is 0 Å². The Bertz CT molecular complexity index is 1130. The Hall–Kier alpha value is -3.29. The van der Waals surface area contributed by atoms with Gasteiger partial charge in [0.25, 0.3) is 5.92 Å². The summed E-state index contributed by atoms with van der Waals surface area (Å²) in [7, 11) is 0. The molecule has 5 rings (SSSR count). The van der Waals surface area contributed by atoms with Gasteiger partial charge in [0.05, 0.1) is 0 Å². The number of amides is 2. The number of likely N-dealkylation sites (tertiary alicyclic amines) is 1. The first-order valence-corrected chi connectivity index (χ1v) is 10.1. The first-order chi connectivity index (χ1) is 14.7. The van der Waals surface area contributed by atoms with Crippen LogP contribution in [0.15, 0.2) is 42.5 Å². The van der Waals surface area contributed by atoms with Crippen LogP contribution in [0, 0.1) is 5.41 Å². The number of anilines is 1. The van der Waals surface area contributed by atoms with Gasteiger partial charge in [0.15, 0.2) is 0 Å². The highest BCUT2D eigenvalue weighted by Crippen LogP contribution is 2.59. The fourth-order valence-electron chi connectivity index (χ4n) is 5.11. The zero-order valence-corrected chi connectivity index (χ0v) is 16.7. The summed E-state index contributed by atoms with van der Waals surface area (Å²) in [6.45, 7) is 1.54. The summed E-state index contributed by atoms with van der Waals surface area (Å²) >= 11 is 0. The number of hydrogen-bond acceptors (Lipinski definition) is 3. The van der Waals surface area contributed by atoms with Crippen LogP contribution in [0.25, 0.3) is 11.1 Å². The predicted molar refractivity (Wildman–Crippen MR) is 108 cm³/mol. The lowest BCUT2D eigenvalue weighted by atomic mass is 10.0. The number of carboxylic acids is 1. The number of halogens is 2. The number of nitrogens with zero attached hydrogens (tertiary/aromatic N) is 2. The van der Waals surface area contributed by atoms with E-state index >= 15 is 0 Å². The van der Waals surface area contributed by atoms with Gasteiger partial charge in [-0.15, -0.1) is 0 Å². The van der Waals surface area contributed by atoms with Gasteiger partial charge in [0, 0.05) is 22.9 Å². The van der Waals surface area contributed by atoms with Crippen molar-refractivity contribution in [2.75, 3.05) is 11.4 Å². The van der Waals surface area contributed by atoms with E-state index in [9.17, 15) is 28.3 Å². The molecule has 0 bridgehead atoms. The van der Waals surface area contributed by atoms with E-state index in [1.807, 2.05) is 6.92 Å². The molecule has 160 valence electrons. The molecule has 2 fully saturated rings. The molecule has 1 aliphatic heterocycles. The van der Waals surface area contributed by atoms with E-state index in [1.165, 1.54) is 29.2 Å². The topological polar surface area (TPSA) is 77.9 Å². The van der Waals surface area contributed by atoms with Gasteiger partial charge in [-0.1, -0.05) is 37.3 Å². The molecule has 31 heavy (non-hydrogen) atoms. The molecule has 3 aliphatic rings. The Kier molecular flexibility index (Phi) is 4.03. The molecule has 0 radical (unpaired) electrons. The van der Waals surface area contributed by atoms with Gasteiger partial charge in [-0.05, 0) is 41.5 Å². The standard InChI is InChI=1S/C23H20F2N2O4/c1-22-9-18(21(30)31)27(19(22)10-22)20(29)11-26(12-28)13-6-7-15-14-4-2-3-5-16(14)23(24,25)17(15)8-13/h2-8,12,18-19H,9-11H2,1H3,(H,30,31)/t18-,19-,22+/m0/s1. The zero-order valence-electron chi connectivity index (χ0n) is 16.7. The molecular weight excluding hydrogens is 406 g/mol. The van der Waals surface area contributed by atoms with E-state index in [-0.39, 0.29) is 28.3 Å². The summed E-state index contributed by atoms with van der Waals surface area (Å²) in [5.41, 5.74) is 0.485. The molecule has 6 nitrogen and oxygen atoms in total. The number of piperidine rings is 1. The van der Waals surface area contributed by atoms with Crippen molar-refractivity contribution in [3.8, 4) is 11.1 Å². The van der Waals surface area contributed by atoms with Crippen molar-refractivity contribution in [2.45, 2.75) is 37.8 Å². The monoisotopic (exact) mass is 426 g/mol. The van der Waals surface area contributed by atoms with E-state index in [4.69, 9.17) is 0 Å². The molecule has 1 saturated carbocycles. The third-order valence-electron chi connectivity index (χ3n) is 6.87. The molecule has 0 spiro atoms. The minimum absolute atomic E-state index is 0.0923. The number of carbonyl (C=O) groups excluding carboxylic acids is 2. The average molecular weight is 426 g/mol. The Morgan fingerprint density at radius 1 is 1.16 bits per heavy atom. The van der Waals surface area contributed by atoms with Crippen LogP contribution < -0.4 is 4.90 Å². The first-order valence-electron chi connectivity index (χ1n) is 10.1. The molecule has 1 N–H and O–H groups in total. The SMILES string of the molecule is C[C@@]12C[C@@H]1N(C(=O)CN(C=O)c1ccc3c(c1)C(F)(F)c1ccccc1-3)[C@H](C(=O)O)C2. The third-order valence-corrected chi connectivity index (χ3v) is 6.87. The van der Waals surface area contributed by atoms with E-state index in [0.29, 0.717) is 24.0 Å². The van der Waals surface area contributed by atoms with Crippen LogP contribution in [0.3, 0.4) is 0 Å². The Morgan fingerprint density at radius 3 is 2.58 bits per heavy atom. The highest BCUT2D eigenvalue weighted by Gasteiger charge is 2.64. The summed E-state index contributed by atoms with van der Waals surface area (Å²) in [4.78, 5) is 38.7. The molecule has 2 aromatic rings. The lowest BCUT2D eigenvalue weighted by Crippen LogP contribution is -2.47. The van der Waals surface area contributed by atoms with Gasteiger partial charge in [-0.3, -0.25) is 9.59 Å². The maximum atomic E-state index is 15.0. The first kappa shape index (κ1) is 19.7. The van der Waals surface area contributed by atoms with Crippen molar-refractivity contribution in [1.29, 1.82) is 0 Å². The van der Waals surface area contributed by atoms with Gasteiger partial charge >= 0.3 is 5.97 Å². The van der Waals surface area contributed by atoms with Crippen LogP contribution in [0.5, 0.6) is 0 Å². The molecule has 2 aromatic carbocycles. The van der Waals surface area contributed by atoms with Crippen molar-refractivity contribution in [3.05, 3.63) is 53.6 Å². The van der Waals surface area contributed by atoms with Crippen LogP contribution in [0.1, 0.15) is 30.9 Å². The highest BCUT2D eigenvalue weighted by molar-refractivity contribution is 5.93. The fourth-order valence-corrected chi connectivity index (χ4v) is 5.11. The smallest absolute Gasteiger partial charge is 0.326 e. The molecule has 1 heterocycles. The van der Waals surface area contributed by atoms with Gasteiger partial charge < -0.3 is 14.9 Å². The Labute approximate surface area is 177 Å². The maximum Gasteiger partial charge on any atom is 0.326 e. The minimum atomic E-state index is -3.21. The van der Waals surface area contributed by atoms with Crippen LogP contribution in [0.4, 0.5) is 14.5 Å². The van der Waals surface area contributed by atoms with Crippen LogP contribution in [-0.4, -0.2) is 46.9 Å². The number of alkyl halides is 2. The molecular formula is C23H20F2N2O4. The quantitative estimate of drug-likeness (QED) is 0.745. The number of carbonyl (C=O) groups is 3. The zero-order chi connectivity index (χ0) is 22.1. The van der Waals surface area contributed by atoms with Crippen LogP contribution in [-0.2, 0) is 20.3 Å². The second kappa shape index (κ2) is 6.35. The van der Waals surface area contributed by atoms with Gasteiger partial charge in [-0.25, -0.2) is 4.79 Å². The summed E-state index contributed by atoms with van der Waals surface area (Å²) in [5, 5.41) is 9.48. The summed E-state index contributed by atoms with van der Waals surface area (Å²) < 4.78 is 30.0. The van der Waals surface area contributed by atoms with E-state index in [2.05, 4.69) is 0 Å². The van der Waals surface area contributed by atoms with Gasteiger partial charge in [0.1, 0.15) is 12.6 Å². The van der Waals surface area contributed by atoms with Crippen molar-refractivity contribution in [2.24, 2.45) is 5.41 Å². The van der Waals surface area contributed by atoms with Crippen molar-refractivity contribution >= 4 is 24.0 Å². The molecule has 0 aromatic heterocycles. The predicted octanol–water partition coefficient (Wildman–Crippen LogP) is 3.23. The van der Waals surface area contributed by atoms with E-state index < -0.39 is 30.4 Å². The molecule has 3 atom stereocenters. The molecule has 1 saturated heterocycles. The number of fused-ring (bicyclic) bond motifs is 4. The Balaban J connectivity index is 1.43. The van der Waals surface area contributed by atoms with Crippen molar-refractivity contribution < 1.29 is 28.3 Å². The summed E-state index contributed by atoms with van der Waals surface area (Å²) in [5.74, 6) is -4.78. The number of aliphatic carboxylic acids is 1. The lowest BCUT2D eigenvalue weighted by Gasteiger charge is -2.27. The largest absolute Gasteiger partial charge is 0.480 e. The maximum absolute atomic E-state index is 15.0. The number of carboxylic acid groups (broad SMARTS) is 1. The molecule has 2 aliphatic carbocycles. The fraction of sp³-hybridized carbons (Fsp3) is 0.348. The van der Waals surface area contributed by atoms with E-state index in [0.717, 1.165) is 11.3 Å². The second-order valence-electron chi connectivity index (χ2n) is 8.82. The van der Waals surface area contributed by atoms with E-state index in [1.54, 1.807) is 18.2 Å². The molecule has 8 heteroatoms. The van der Waals surface area contributed by atoms with Crippen LogP contribution >= 0.6 is 0 Å². The number of rotatable bonds is 5. The van der Waals surface area contributed by atoms with Crippen molar-refractivity contribution in [1.82, 2.24) is 4.90 Å². The van der Waals surface area contributed by atoms with Gasteiger partial charge in [0.2, 0.25) is 12.3 Å². The lowest BCUT2D eigenvalue weighted by molar-refractivity contribution is -0.148. The summed E-state index contributed by atoms with van der Waals surface area (Å²) in [6, 6.07) is 9.45. The average Bonchev–Trinajstić information content (AvgIpc) is 3.22. The normalized spacial score (nSPS) is 26.6. The third kappa shape index (κ3) is 2.77. The molecule has 0 unspecified atom stereocenters. The minimum Gasteiger partial charge on any atom is -0.480 e. The highest BCUT2D eigenvalue weighted by atomic mass is 19.3. The molecule has 2 amide bonds. The van der Waals surface area contributed by atoms with Crippen LogP contribution in [0.2, 0.25) is 0 Å². The second-order valence-corrected chi connectivity index (χ2v) is 8.82. The number of benzene rings is 2.